The fourth-order valence-corrected chi connectivity index (χ4v) is 4.69. The molecule has 0 aliphatic carbocycles. The van der Waals surface area contributed by atoms with Gasteiger partial charge in [0.05, 0.1) is 24.5 Å². The molecule has 8 nitrogen and oxygen atoms in total. The van der Waals surface area contributed by atoms with Crippen LogP contribution < -0.4 is 10.2 Å². The Morgan fingerprint density at radius 3 is 2.42 bits per heavy atom. The van der Waals surface area contributed by atoms with Gasteiger partial charge in [0, 0.05) is 12.6 Å². The summed E-state index contributed by atoms with van der Waals surface area (Å²) in [6, 6.07) is 9.17. The second kappa shape index (κ2) is 7.93. The summed E-state index contributed by atoms with van der Waals surface area (Å²) in [5.41, 5.74) is 0.595. The molecule has 0 bridgehead atoms. The maximum Gasteiger partial charge on any atom is 0.494 e. The summed E-state index contributed by atoms with van der Waals surface area (Å²) in [5, 5.41) is 5.65. The van der Waals surface area contributed by atoms with Gasteiger partial charge in [-0.1, -0.05) is 18.2 Å². The predicted octanol–water partition coefficient (Wildman–Crippen LogP) is 2.55. The minimum absolute atomic E-state index is 0.0831. The molecule has 2 aliphatic heterocycles. The minimum atomic E-state index is -3.86. The van der Waals surface area contributed by atoms with Crippen LogP contribution in [0.5, 0.6) is 5.75 Å². The Kier molecular flexibility index (Phi) is 5.62. The number of hydrogen-bond donors (Lipinski definition) is 0. The van der Waals surface area contributed by atoms with Crippen LogP contribution in [0.3, 0.4) is 0 Å². The molecule has 0 unspecified atom stereocenters. The summed E-state index contributed by atoms with van der Waals surface area (Å²) in [6.07, 6.45) is 1.47. The monoisotopic (exact) mass is 473 g/mol. The van der Waals surface area contributed by atoms with Crippen LogP contribution >= 0.6 is 0 Å². The first-order valence-corrected chi connectivity index (χ1v) is 11.7. The number of sulfonamides is 1. The summed E-state index contributed by atoms with van der Waals surface area (Å²) in [4.78, 5) is 0.0864. The first-order chi connectivity index (χ1) is 15.3. The van der Waals surface area contributed by atoms with Gasteiger partial charge in [-0.2, -0.15) is 13.5 Å². The molecule has 0 aromatic heterocycles. The summed E-state index contributed by atoms with van der Waals surface area (Å²) in [7, 11) is -1.55. The van der Waals surface area contributed by atoms with Crippen LogP contribution in [0.1, 0.15) is 38.8 Å². The van der Waals surface area contributed by atoms with E-state index in [1.54, 1.807) is 19.2 Å². The number of halogens is 1. The molecule has 1 saturated heterocycles. The zero-order valence-electron chi connectivity index (χ0n) is 19.3. The van der Waals surface area contributed by atoms with Crippen LogP contribution in [-0.2, 0) is 19.3 Å². The summed E-state index contributed by atoms with van der Waals surface area (Å²) in [6.45, 7) is 7.80. The van der Waals surface area contributed by atoms with Crippen molar-refractivity contribution in [3.05, 3.63) is 53.3 Å². The highest BCUT2D eigenvalue weighted by atomic mass is 32.2. The Balaban J connectivity index is 1.65. The number of amidine groups is 1. The van der Waals surface area contributed by atoms with Crippen molar-refractivity contribution in [1.82, 2.24) is 5.01 Å². The van der Waals surface area contributed by atoms with E-state index < -0.39 is 34.2 Å². The molecular weight excluding hydrogens is 448 g/mol. The molecule has 11 heteroatoms. The Morgan fingerprint density at radius 2 is 1.79 bits per heavy atom. The summed E-state index contributed by atoms with van der Waals surface area (Å²) < 4.78 is 60.0. The molecule has 2 heterocycles. The third-order valence-corrected chi connectivity index (χ3v) is 7.44. The highest BCUT2D eigenvalue weighted by molar-refractivity contribution is 7.90. The van der Waals surface area contributed by atoms with E-state index in [-0.39, 0.29) is 16.5 Å². The third-order valence-electron chi connectivity index (χ3n) is 6.12. The van der Waals surface area contributed by atoms with E-state index in [9.17, 15) is 12.8 Å². The van der Waals surface area contributed by atoms with Crippen molar-refractivity contribution in [3.63, 3.8) is 0 Å². The van der Waals surface area contributed by atoms with E-state index in [0.29, 0.717) is 16.6 Å². The number of fused-ring (bicyclic) bond motifs is 1. The molecule has 0 amide bonds. The fourth-order valence-electron chi connectivity index (χ4n) is 3.48. The molecule has 1 fully saturated rings. The van der Waals surface area contributed by atoms with Gasteiger partial charge in [-0.15, -0.1) is 4.40 Å². The molecule has 33 heavy (non-hydrogen) atoms. The molecule has 0 radical (unpaired) electrons. The number of benzene rings is 2. The normalized spacial score (nSPS) is 20.1. The average molecular weight is 473 g/mol. The van der Waals surface area contributed by atoms with Gasteiger partial charge >= 0.3 is 7.12 Å². The fraction of sp³-hybridized carbons (Fsp3) is 0.364. The number of rotatable bonds is 4. The number of nitrogens with zero attached hydrogens (tertiary/aromatic N) is 3. The number of ether oxygens (including phenoxy) is 1. The van der Waals surface area contributed by atoms with Gasteiger partial charge < -0.3 is 14.0 Å². The Hall–Kier alpha value is -2.76. The van der Waals surface area contributed by atoms with Crippen molar-refractivity contribution in [3.8, 4) is 5.75 Å². The summed E-state index contributed by atoms with van der Waals surface area (Å²) in [5.74, 6) is -0.244. The second-order valence-electron chi connectivity index (χ2n) is 8.90. The quantitative estimate of drug-likeness (QED) is 0.385. The van der Waals surface area contributed by atoms with Gasteiger partial charge in [0.15, 0.2) is 17.4 Å². The predicted molar refractivity (Wildman–Crippen MR) is 124 cm³/mol. The lowest BCUT2D eigenvalue weighted by Gasteiger charge is -2.32. The highest BCUT2D eigenvalue weighted by Gasteiger charge is 2.52. The molecule has 2 aromatic rings. The lowest BCUT2D eigenvalue weighted by Crippen LogP contribution is -2.41. The van der Waals surface area contributed by atoms with Crippen LogP contribution in [0.25, 0.3) is 0 Å². The first kappa shape index (κ1) is 23.4. The van der Waals surface area contributed by atoms with E-state index >= 15 is 0 Å². The van der Waals surface area contributed by atoms with Gasteiger partial charge in [0.2, 0.25) is 0 Å². The summed E-state index contributed by atoms with van der Waals surface area (Å²) >= 11 is 0. The van der Waals surface area contributed by atoms with Crippen molar-refractivity contribution < 1.29 is 26.9 Å². The smallest absolute Gasteiger partial charge is 0.494 e. The van der Waals surface area contributed by atoms with Crippen LogP contribution in [0.4, 0.5) is 4.39 Å². The lowest BCUT2D eigenvalue weighted by molar-refractivity contribution is 0.00578. The standard InChI is InChI=1S/C22H25BFN3O5S/c1-21(2)22(3,4)32-23(31-21)15-8-10-19-16(12-15)20(26-33(19,28)29)27(5)25-13-14-7-9-17(24)18(11-14)30-6/h7-13H,1-6H3/b25-13+. The van der Waals surface area contributed by atoms with Gasteiger partial charge in [-0.3, -0.25) is 0 Å². The topological polar surface area (TPSA) is 89.8 Å². The van der Waals surface area contributed by atoms with Gasteiger partial charge in [-0.05, 0) is 56.9 Å². The third kappa shape index (κ3) is 4.16. The van der Waals surface area contributed by atoms with Crippen molar-refractivity contribution in [2.24, 2.45) is 9.50 Å². The number of hydrogen-bond acceptors (Lipinski definition) is 7. The van der Waals surface area contributed by atoms with E-state index in [1.165, 1.54) is 42.6 Å². The van der Waals surface area contributed by atoms with Gasteiger partial charge in [0.25, 0.3) is 10.0 Å². The van der Waals surface area contributed by atoms with E-state index in [4.69, 9.17) is 14.0 Å². The van der Waals surface area contributed by atoms with Crippen LogP contribution in [0.15, 0.2) is 50.8 Å². The molecule has 4 rings (SSSR count). The van der Waals surface area contributed by atoms with Crippen molar-refractivity contribution in [2.45, 2.75) is 43.8 Å². The van der Waals surface area contributed by atoms with E-state index in [0.717, 1.165) is 0 Å². The molecule has 0 atom stereocenters. The lowest BCUT2D eigenvalue weighted by atomic mass is 9.78. The minimum Gasteiger partial charge on any atom is -0.494 e. The second-order valence-corrected chi connectivity index (χ2v) is 10.5. The SMILES string of the molecule is COc1cc(/C=N/N(C)C2=NS(=O)(=O)c3ccc(B4OC(C)(C)C(C)(C)O4)cc32)ccc1F. The van der Waals surface area contributed by atoms with E-state index in [2.05, 4.69) is 9.50 Å². The van der Waals surface area contributed by atoms with Crippen LogP contribution in [0, 0.1) is 5.82 Å². The molecule has 0 N–H and O–H groups in total. The zero-order chi connectivity index (χ0) is 24.2. The van der Waals surface area contributed by atoms with Crippen molar-refractivity contribution >= 4 is 34.7 Å². The van der Waals surface area contributed by atoms with Crippen LogP contribution in [0.2, 0.25) is 0 Å². The molecule has 2 aliphatic rings. The first-order valence-electron chi connectivity index (χ1n) is 10.3. The number of methoxy groups -OCH3 is 1. The maximum atomic E-state index is 13.6. The zero-order valence-corrected chi connectivity index (χ0v) is 20.1. The highest BCUT2D eigenvalue weighted by Crippen LogP contribution is 2.37. The largest absolute Gasteiger partial charge is 0.494 e. The van der Waals surface area contributed by atoms with Crippen molar-refractivity contribution in [2.75, 3.05) is 14.2 Å². The van der Waals surface area contributed by atoms with Gasteiger partial charge in [-0.25, -0.2) is 9.40 Å². The molecule has 174 valence electrons. The Bertz CT molecular complexity index is 1260. The van der Waals surface area contributed by atoms with Crippen LogP contribution in [-0.4, -0.2) is 58.0 Å². The molecule has 2 aromatic carbocycles. The molecule has 0 saturated carbocycles. The van der Waals surface area contributed by atoms with Gasteiger partial charge in [0.1, 0.15) is 4.90 Å². The van der Waals surface area contributed by atoms with Crippen molar-refractivity contribution in [1.29, 1.82) is 0 Å². The Labute approximate surface area is 193 Å². The molecule has 0 spiro atoms. The maximum absolute atomic E-state index is 13.6. The molecular formula is C22H25BFN3O5S. The number of hydrazone groups is 1. The average Bonchev–Trinajstić information content (AvgIpc) is 3.14. The van der Waals surface area contributed by atoms with E-state index in [1.807, 2.05) is 27.7 Å². The Morgan fingerprint density at radius 1 is 1.12 bits per heavy atom.